The van der Waals surface area contributed by atoms with Gasteiger partial charge < -0.3 is 35.6 Å². The molecule has 2 aromatic carbocycles. The number of anilines is 2. The SMILES string of the molecule is CNc1c(Cl)cc(C[C@@H](NC(=O)N2CCC(N3CCc4ccccc4NC3=O)CC2)C(=O)N2CCC(N3CCCC3)CC2)cc1C(F)(F)F. The van der Waals surface area contributed by atoms with Crippen LogP contribution in [0, 0.1) is 0 Å². The van der Waals surface area contributed by atoms with Crippen LogP contribution in [0.2, 0.25) is 5.02 Å². The maximum atomic E-state index is 14.0. The summed E-state index contributed by atoms with van der Waals surface area (Å²) in [6.45, 7) is 4.48. The number of amides is 5. The number of piperidine rings is 2. The van der Waals surface area contributed by atoms with Gasteiger partial charge in [-0.1, -0.05) is 29.8 Å². The summed E-state index contributed by atoms with van der Waals surface area (Å²) in [7, 11) is 1.37. The lowest BCUT2D eigenvalue weighted by Gasteiger charge is -2.39. The Morgan fingerprint density at radius 2 is 1.59 bits per heavy atom. The molecule has 2 aromatic rings. The molecule has 0 bridgehead atoms. The van der Waals surface area contributed by atoms with Crippen molar-refractivity contribution < 1.29 is 27.6 Å². The minimum Gasteiger partial charge on any atom is -0.386 e. The molecule has 4 aliphatic rings. The van der Waals surface area contributed by atoms with Crippen molar-refractivity contribution in [2.24, 2.45) is 0 Å². The Morgan fingerprint density at radius 1 is 0.939 bits per heavy atom. The predicted octanol–water partition coefficient (Wildman–Crippen LogP) is 5.66. The number of nitrogens with zero attached hydrogens (tertiary/aromatic N) is 4. The maximum Gasteiger partial charge on any atom is 0.418 e. The van der Waals surface area contributed by atoms with Crippen LogP contribution >= 0.6 is 11.6 Å². The molecule has 3 fully saturated rings. The third-order valence-electron chi connectivity index (χ3n) is 10.5. The number of carbonyl (C=O) groups excluding carboxylic acids is 3. The Balaban J connectivity index is 1.14. The molecule has 10 nitrogen and oxygen atoms in total. The summed E-state index contributed by atoms with van der Waals surface area (Å²) in [6.07, 6.45) is 1.03. The largest absolute Gasteiger partial charge is 0.418 e. The first-order chi connectivity index (χ1) is 23.5. The molecule has 0 unspecified atom stereocenters. The van der Waals surface area contributed by atoms with Crippen LogP contribution < -0.4 is 16.0 Å². The molecular formula is C35H45ClF3N7O3. The van der Waals surface area contributed by atoms with Crippen molar-refractivity contribution in [1.82, 2.24) is 24.9 Å². The average molecular weight is 704 g/mol. The van der Waals surface area contributed by atoms with Crippen LogP contribution in [-0.2, 0) is 23.8 Å². The highest BCUT2D eigenvalue weighted by Crippen LogP contribution is 2.39. The summed E-state index contributed by atoms with van der Waals surface area (Å²) in [4.78, 5) is 48.4. The van der Waals surface area contributed by atoms with E-state index in [1.807, 2.05) is 29.2 Å². The standard InChI is InChI=1S/C35H45ClF3N7O3/c1-40-31-27(35(37,38)39)20-23(21-28(31)36)22-30(32(47)44-15-9-25(10-16-44)43-13-4-5-14-43)42-33(48)45-17-11-26(12-18-45)46-19-8-24-6-2-3-7-29(24)41-34(46)49/h2-3,6-7,20-21,25-26,30,40H,4-5,8-19,22H2,1H3,(H,41,49)(H,42,48)/t30-/m1/s1. The van der Waals surface area contributed by atoms with E-state index in [0.29, 0.717) is 51.6 Å². The summed E-state index contributed by atoms with van der Waals surface area (Å²) in [5, 5.41) is 8.31. The van der Waals surface area contributed by atoms with Gasteiger partial charge in [-0.2, -0.15) is 13.2 Å². The second kappa shape index (κ2) is 15.0. The number of halogens is 4. The quantitative estimate of drug-likeness (QED) is 0.346. The van der Waals surface area contributed by atoms with Crippen LogP contribution in [0.5, 0.6) is 0 Å². The summed E-state index contributed by atoms with van der Waals surface area (Å²) in [5.41, 5.74) is 0.930. The number of nitrogens with one attached hydrogen (secondary N) is 3. The number of fused-ring (bicyclic) bond motifs is 1. The Labute approximate surface area is 290 Å². The molecule has 5 amide bonds. The molecule has 4 heterocycles. The zero-order valence-corrected chi connectivity index (χ0v) is 28.6. The van der Waals surface area contributed by atoms with Gasteiger partial charge in [-0.3, -0.25) is 4.79 Å². The van der Waals surface area contributed by atoms with Crippen LogP contribution in [-0.4, -0.2) is 109 Å². The van der Waals surface area contributed by atoms with Gasteiger partial charge in [0.25, 0.3) is 0 Å². The van der Waals surface area contributed by atoms with Crippen molar-refractivity contribution in [3.63, 3.8) is 0 Å². The smallest absolute Gasteiger partial charge is 0.386 e. The van der Waals surface area contributed by atoms with E-state index >= 15 is 0 Å². The molecule has 266 valence electrons. The zero-order valence-electron chi connectivity index (χ0n) is 27.8. The molecule has 0 radical (unpaired) electrons. The normalized spacial score (nSPS) is 20.4. The number of benzene rings is 2. The van der Waals surface area contributed by atoms with Crippen LogP contribution in [0.4, 0.5) is 34.1 Å². The molecule has 0 aromatic heterocycles. The van der Waals surface area contributed by atoms with Gasteiger partial charge in [0.05, 0.1) is 16.3 Å². The van der Waals surface area contributed by atoms with E-state index in [4.69, 9.17) is 11.6 Å². The van der Waals surface area contributed by atoms with Crippen molar-refractivity contribution in [3.05, 3.63) is 58.1 Å². The number of carbonyl (C=O) groups is 3. The van der Waals surface area contributed by atoms with Gasteiger partial charge in [0.1, 0.15) is 6.04 Å². The third kappa shape index (κ3) is 8.03. The monoisotopic (exact) mass is 703 g/mol. The van der Waals surface area contributed by atoms with Crippen LogP contribution in [0.25, 0.3) is 0 Å². The highest BCUT2D eigenvalue weighted by atomic mass is 35.5. The van der Waals surface area contributed by atoms with Gasteiger partial charge in [0.15, 0.2) is 0 Å². The summed E-state index contributed by atoms with van der Waals surface area (Å²) >= 11 is 6.29. The first-order valence-electron chi connectivity index (χ1n) is 17.3. The Kier molecular flexibility index (Phi) is 10.8. The first kappa shape index (κ1) is 35.1. The second-order valence-corrected chi connectivity index (χ2v) is 13.9. The molecule has 0 saturated carbocycles. The molecule has 6 rings (SSSR count). The summed E-state index contributed by atoms with van der Waals surface area (Å²) in [6, 6.07) is 8.82. The fraction of sp³-hybridized carbons (Fsp3) is 0.571. The molecule has 1 atom stereocenters. The highest BCUT2D eigenvalue weighted by molar-refractivity contribution is 6.33. The van der Waals surface area contributed by atoms with Gasteiger partial charge in [-0.15, -0.1) is 0 Å². The second-order valence-electron chi connectivity index (χ2n) is 13.5. The number of alkyl halides is 3. The Bertz CT molecular complexity index is 1520. The van der Waals surface area contributed by atoms with E-state index in [0.717, 1.165) is 49.7 Å². The van der Waals surface area contributed by atoms with Crippen LogP contribution in [0.1, 0.15) is 55.2 Å². The summed E-state index contributed by atoms with van der Waals surface area (Å²) < 4.78 is 42.0. The third-order valence-corrected chi connectivity index (χ3v) is 10.8. The van der Waals surface area contributed by atoms with Crippen LogP contribution in [0.15, 0.2) is 36.4 Å². The molecule has 14 heteroatoms. The van der Waals surface area contributed by atoms with E-state index < -0.39 is 23.8 Å². The maximum absolute atomic E-state index is 14.0. The fourth-order valence-electron chi connectivity index (χ4n) is 7.83. The topological polar surface area (TPSA) is 100 Å². The van der Waals surface area contributed by atoms with Crippen molar-refractivity contribution >= 4 is 40.9 Å². The first-order valence-corrected chi connectivity index (χ1v) is 17.7. The van der Waals surface area contributed by atoms with Gasteiger partial charge in [-0.05, 0) is 87.4 Å². The number of hydrogen-bond donors (Lipinski definition) is 3. The van der Waals surface area contributed by atoms with Crippen molar-refractivity contribution in [3.8, 4) is 0 Å². The number of likely N-dealkylation sites (tertiary alicyclic amines) is 3. The molecule has 4 aliphatic heterocycles. The molecule has 3 saturated heterocycles. The lowest BCUT2D eigenvalue weighted by molar-refractivity contribution is -0.137. The van der Waals surface area contributed by atoms with Crippen LogP contribution in [0.3, 0.4) is 0 Å². The molecule has 3 N–H and O–H groups in total. The van der Waals surface area contributed by atoms with E-state index in [-0.39, 0.29) is 40.7 Å². The van der Waals surface area contributed by atoms with Gasteiger partial charge >= 0.3 is 18.2 Å². The zero-order chi connectivity index (χ0) is 34.7. The Morgan fingerprint density at radius 3 is 2.27 bits per heavy atom. The highest BCUT2D eigenvalue weighted by Gasteiger charge is 2.38. The molecule has 0 aliphatic carbocycles. The number of rotatable bonds is 7. The number of hydrogen-bond acceptors (Lipinski definition) is 5. The lowest BCUT2D eigenvalue weighted by Crippen LogP contribution is -2.57. The van der Waals surface area contributed by atoms with E-state index in [2.05, 4.69) is 20.9 Å². The average Bonchev–Trinajstić information content (AvgIpc) is 3.58. The molecule has 49 heavy (non-hydrogen) atoms. The fourth-order valence-corrected chi connectivity index (χ4v) is 8.17. The van der Waals surface area contributed by atoms with E-state index in [1.54, 1.807) is 9.80 Å². The lowest BCUT2D eigenvalue weighted by atomic mass is 9.98. The van der Waals surface area contributed by atoms with Crippen molar-refractivity contribution in [1.29, 1.82) is 0 Å². The van der Waals surface area contributed by atoms with E-state index in [9.17, 15) is 27.6 Å². The number of urea groups is 2. The summed E-state index contributed by atoms with van der Waals surface area (Å²) in [5.74, 6) is -0.314. The predicted molar refractivity (Wildman–Crippen MR) is 183 cm³/mol. The van der Waals surface area contributed by atoms with E-state index in [1.165, 1.54) is 26.0 Å². The minimum absolute atomic E-state index is 0.0543. The molecular weight excluding hydrogens is 659 g/mol. The van der Waals surface area contributed by atoms with Gasteiger partial charge in [0.2, 0.25) is 5.91 Å². The Hall–Kier alpha value is -3.71. The van der Waals surface area contributed by atoms with Crippen molar-refractivity contribution in [2.45, 2.75) is 75.7 Å². The van der Waals surface area contributed by atoms with Gasteiger partial charge in [0, 0.05) is 64.0 Å². The van der Waals surface area contributed by atoms with Crippen molar-refractivity contribution in [2.75, 3.05) is 63.5 Å². The molecule has 0 spiro atoms. The number of para-hydroxylation sites is 1. The minimum atomic E-state index is -4.67. The van der Waals surface area contributed by atoms with Gasteiger partial charge in [-0.25, -0.2) is 9.59 Å².